The fourth-order valence-electron chi connectivity index (χ4n) is 3.29. The molecule has 0 bridgehead atoms. The molecule has 1 saturated carbocycles. The molecule has 8 heteroatoms. The molecular formula is C18H32N4O4. The molecule has 1 atom stereocenters. The first kappa shape index (κ1) is 20.5. The number of ether oxygens (including phenoxy) is 1. The molecule has 1 aliphatic heterocycles. The van der Waals surface area contributed by atoms with Gasteiger partial charge in [0.05, 0.1) is 12.6 Å². The van der Waals surface area contributed by atoms with Crippen LogP contribution in [-0.4, -0.2) is 72.7 Å². The second kappa shape index (κ2) is 9.75. The lowest BCUT2D eigenvalue weighted by atomic mass is 10.2. The van der Waals surface area contributed by atoms with Crippen molar-refractivity contribution in [3.63, 3.8) is 0 Å². The standard InChI is InChI=1S/C18H32N4O4/c1-13(2)12-26-18(25)22-10-8-21(9-11-22)14(3)16(23)20-17(24)19-15-6-4-5-7-15/h13-15H,4-12H2,1-3H3,(H2,19,20,23,24). The molecule has 0 radical (unpaired) electrons. The van der Waals surface area contributed by atoms with E-state index in [-0.39, 0.29) is 18.0 Å². The number of nitrogens with one attached hydrogen (secondary N) is 2. The largest absolute Gasteiger partial charge is 0.449 e. The SMILES string of the molecule is CC(C)COC(=O)N1CCN(C(C)C(=O)NC(=O)NC2CCCC2)CC1. The Balaban J connectivity index is 1.71. The monoisotopic (exact) mass is 368 g/mol. The van der Waals surface area contributed by atoms with Crippen LogP contribution in [0.3, 0.4) is 0 Å². The predicted octanol–water partition coefficient (Wildman–Crippen LogP) is 1.55. The molecule has 148 valence electrons. The van der Waals surface area contributed by atoms with E-state index in [0.717, 1.165) is 25.7 Å². The van der Waals surface area contributed by atoms with Crippen molar-refractivity contribution in [3.05, 3.63) is 0 Å². The average Bonchev–Trinajstić information content (AvgIpc) is 3.11. The van der Waals surface area contributed by atoms with Gasteiger partial charge in [0.25, 0.3) is 0 Å². The molecule has 4 amide bonds. The lowest BCUT2D eigenvalue weighted by Crippen LogP contribution is -2.56. The summed E-state index contributed by atoms with van der Waals surface area (Å²) in [6.07, 6.45) is 3.91. The van der Waals surface area contributed by atoms with Gasteiger partial charge in [-0.25, -0.2) is 9.59 Å². The smallest absolute Gasteiger partial charge is 0.409 e. The van der Waals surface area contributed by atoms with E-state index in [9.17, 15) is 14.4 Å². The summed E-state index contributed by atoms with van der Waals surface area (Å²) in [5, 5.41) is 5.29. The van der Waals surface area contributed by atoms with Crippen LogP contribution in [0.5, 0.6) is 0 Å². The predicted molar refractivity (Wildman–Crippen MR) is 97.7 cm³/mol. The Bertz CT molecular complexity index is 497. The highest BCUT2D eigenvalue weighted by Crippen LogP contribution is 2.17. The number of hydrogen-bond acceptors (Lipinski definition) is 5. The van der Waals surface area contributed by atoms with E-state index in [1.807, 2.05) is 18.7 Å². The second-order valence-corrected chi connectivity index (χ2v) is 7.61. The van der Waals surface area contributed by atoms with Gasteiger partial charge in [-0.05, 0) is 25.7 Å². The third kappa shape index (κ3) is 6.16. The van der Waals surface area contributed by atoms with E-state index < -0.39 is 12.1 Å². The highest BCUT2D eigenvalue weighted by molar-refractivity contribution is 5.96. The highest BCUT2D eigenvalue weighted by Gasteiger charge is 2.29. The van der Waals surface area contributed by atoms with Gasteiger partial charge in [0, 0.05) is 32.2 Å². The van der Waals surface area contributed by atoms with Crippen molar-refractivity contribution in [2.75, 3.05) is 32.8 Å². The van der Waals surface area contributed by atoms with E-state index in [1.165, 1.54) is 0 Å². The number of rotatable bonds is 5. The Morgan fingerprint density at radius 2 is 1.65 bits per heavy atom. The maximum Gasteiger partial charge on any atom is 0.409 e. The second-order valence-electron chi connectivity index (χ2n) is 7.61. The number of hydrogen-bond donors (Lipinski definition) is 2. The van der Waals surface area contributed by atoms with Crippen LogP contribution in [0.4, 0.5) is 9.59 Å². The Morgan fingerprint density at radius 1 is 1.04 bits per heavy atom. The summed E-state index contributed by atoms with van der Waals surface area (Å²) in [5.41, 5.74) is 0. The Labute approximate surface area is 155 Å². The third-order valence-corrected chi connectivity index (χ3v) is 4.97. The molecule has 1 unspecified atom stereocenters. The van der Waals surface area contributed by atoms with E-state index in [0.29, 0.717) is 38.7 Å². The topological polar surface area (TPSA) is 91.0 Å². The summed E-state index contributed by atoms with van der Waals surface area (Å²) in [7, 11) is 0. The van der Waals surface area contributed by atoms with E-state index in [4.69, 9.17) is 4.74 Å². The van der Waals surface area contributed by atoms with E-state index in [2.05, 4.69) is 10.6 Å². The van der Waals surface area contributed by atoms with Crippen molar-refractivity contribution < 1.29 is 19.1 Å². The lowest BCUT2D eigenvalue weighted by molar-refractivity contribution is -0.125. The van der Waals surface area contributed by atoms with Gasteiger partial charge in [0.15, 0.2) is 0 Å². The van der Waals surface area contributed by atoms with E-state index >= 15 is 0 Å². The summed E-state index contributed by atoms with van der Waals surface area (Å²) in [6.45, 7) is 8.37. The van der Waals surface area contributed by atoms with Crippen molar-refractivity contribution in [2.45, 2.75) is 58.5 Å². The summed E-state index contributed by atoms with van der Waals surface area (Å²) < 4.78 is 5.24. The third-order valence-electron chi connectivity index (χ3n) is 4.97. The summed E-state index contributed by atoms with van der Waals surface area (Å²) in [6, 6.07) is -0.652. The number of imide groups is 1. The Kier molecular flexibility index (Phi) is 7.68. The first-order chi connectivity index (χ1) is 12.4. The van der Waals surface area contributed by atoms with E-state index in [1.54, 1.807) is 11.8 Å². The molecule has 0 aromatic carbocycles. The van der Waals surface area contributed by atoms with Crippen LogP contribution in [0.25, 0.3) is 0 Å². The van der Waals surface area contributed by atoms with Crippen molar-refractivity contribution in [3.8, 4) is 0 Å². The van der Waals surface area contributed by atoms with Crippen LogP contribution >= 0.6 is 0 Å². The molecule has 1 saturated heterocycles. The zero-order valence-electron chi connectivity index (χ0n) is 16.1. The zero-order valence-corrected chi connectivity index (χ0v) is 16.1. The van der Waals surface area contributed by atoms with Crippen LogP contribution in [-0.2, 0) is 9.53 Å². The quantitative estimate of drug-likeness (QED) is 0.768. The number of piperazine rings is 1. The number of urea groups is 1. The molecule has 0 spiro atoms. The van der Waals surface area contributed by atoms with Gasteiger partial charge in [-0.2, -0.15) is 0 Å². The van der Waals surface area contributed by atoms with Gasteiger partial charge >= 0.3 is 12.1 Å². The molecule has 1 heterocycles. The average molecular weight is 368 g/mol. The summed E-state index contributed by atoms with van der Waals surface area (Å²) >= 11 is 0. The number of carbonyl (C=O) groups is 3. The molecule has 2 fully saturated rings. The molecule has 26 heavy (non-hydrogen) atoms. The molecule has 0 aromatic rings. The van der Waals surface area contributed by atoms with Crippen molar-refractivity contribution in [1.82, 2.24) is 20.4 Å². The molecule has 2 rings (SSSR count). The summed E-state index contributed by atoms with van der Waals surface area (Å²) in [5.74, 6) is -0.00401. The fraction of sp³-hybridized carbons (Fsp3) is 0.833. The molecule has 8 nitrogen and oxygen atoms in total. The van der Waals surface area contributed by atoms with Crippen molar-refractivity contribution in [2.24, 2.45) is 5.92 Å². The molecule has 2 aliphatic rings. The van der Waals surface area contributed by atoms with Crippen LogP contribution < -0.4 is 10.6 Å². The number of carbonyl (C=O) groups excluding carboxylic acids is 3. The minimum absolute atomic E-state index is 0.179. The van der Waals surface area contributed by atoms with Crippen LogP contribution in [0, 0.1) is 5.92 Å². The Morgan fingerprint density at radius 3 is 2.23 bits per heavy atom. The molecule has 0 aromatic heterocycles. The highest BCUT2D eigenvalue weighted by atomic mass is 16.6. The maximum absolute atomic E-state index is 12.3. The first-order valence-corrected chi connectivity index (χ1v) is 9.64. The first-order valence-electron chi connectivity index (χ1n) is 9.64. The van der Waals surface area contributed by atoms with Gasteiger partial charge < -0.3 is 15.0 Å². The molecular weight excluding hydrogens is 336 g/mol. The Hall–Kier alpha value is -1.83. The lowest BCUT2D eigenvalue weighted by Gasteiger charge is -2.36. The molecule has 1 aliphatic carbocycles. The molecule has 2 N–H and O–H groups in total. The minimum Gasteiger partial charge on any atom is -0.449 e. The fourth-order valence-corrected chi connectivity index (χ4v) is 3.29. The van der Waals surface area contributed by atoms with Gasteiger partial charge in [0.2, 0.25) is 5.91 Å². The van der Waals surface area contributed by atoms with Crippen LogP contribution in [0.15, 0.2) is 0 Å². The van der Waals surface area contributed by atoms with Gasteiger partial charge in [-0.3, -0.25) is 15.0 Å². The number of amides is 4. The van der Waals surface area contributed by atoms with Crippen LogP contribution in [0.2, 0.25) is 0 Å². The zero-order chi connectivity index (χ0) is 19.1. The summed E-state index contributed by atoms with van der Waals surface area (Å²) in [4.78, 5) is 39.9. The van der Waals surface area contributed by atoms with Gasteiger partial charge in [-0.1, -0.05) is 26.7 Å². The van der Waals surface area contributed by atoms with Gasteiger partial charge in [0.1, 0.15) is 0 Å². The maximum atomic E-state index is 12.3. The number of nitrogens with zero attached hydrogens (tertiary/aromatic N) is 2. The van der Waals surface area contributed by atoms with Gasteiger partial charge in [-0.15, -0.1) is 0 Å². The van der Waals surface area contributed by atoms with Crippen molar-refractivity contribution >= 4 is 18.0 Å². The van der Waals surface area contributed by atoms with Crippen LogP contribution in [0.1, 0.15) is 46.5 Å². The normalized spacial score (nSPS) is 20.1. The minimum atomic E-state index is -0.418. The van der Waals surface area contributed by atoms with Crippen molar-refractivity contribution in [1.29, 1.82) is 0 Å².